The molecule has 0 saturated carbocycles. The Balaban J connectivity index is 1.71. The Bertz CT molecular complexity index is 1480. The summed E-state index contributed by atoms with van der Waals surface area (Å²) in [5.74, 6) is 1.66. The Morgan fingerprint density at radius 2 is 1.76 bits per heavy atom. The molecule has 0 unspecified atom stereocenters. The fourth-order valence-electron chi connectivity index (χ4n) is 3.96. The van der Waals surface area contributed by atoms with Crippen LogP contribution in [-0.4, -0.2) is 22.2 Å². The van der Waals surface area contributed by atoms with Gasteiger partial charge >= 0.3 is 0 Å². The summed E-state index contributed by atoms with van der Waals surface area (Å²) in [6, 6.07) is 24.8. The maximum atomic E-state index is 5.83. The highest BCUT2D eigenvalue weighted by molar-refractivity contribution is 6.01. The zero-order valence-electron chi connectivity index (χ0n) is 18.8. The Hall–Kier alpha value is -4.25. The molecule has 0 bridgehead atoms. The van der Waals surface area contributed by atoms with Crippen LogP contribution in [0.1, 0.15) is 28.1 Å². The Morgan fingerprint density at radius 1 is 0.909 bits per heavy atom. The minimum Gasteiger partial charge on any atom is -0.373 e. The minimum atomic E-state index is 0.463. The highest BCUT2D eigenvalue weighted by Gasteiger charge is 2.19. The van der Waals surface area contributed by atoms with Crippen molar-refractivity contribution in [2.24, 2.45) is 0 Å². The fraction of sp³-hybridized carbons (Fsp3) is 0.107. The smallest absolute Gasteiger partial charge is 0.258 e. The van der Waals surface area contributed by atoms with Crippen LogP contribution < -0.4 is 5.32 Å². The number of hydrogen-bond donors (Lipinski definition) is 1. The van der Waals surface area contributed by atoms with Crippen molar-refractivity contribution >= 4 is 28.2 Å². The van der Waals surface area contributed by atoms with Crippen molar-refractivity contribution in [2.45, 2.75) is 13.8 Å². The largest absolute Gasteiger partial charge is 0.373 e. The van der Waals surface area contributed by atoms with E-state index >= 15 is 0 Å². The Labute approximate surface area is 192 Å². The zero-order chi connectivity index (χ0) is 22.8. The highest BCUT2D eigenvalue weighted by Crippen LogP contribution is 2.33. The molecular formula is C28H24N4O. The molecule has 0 saturated heterocycles. The molecule has 0 aliphatic carbocycles. The molecule has 5 nitrogen and oxygen atoms in total. The second-order valence-corrected chi connectivity index (χ2v) is 8.00. The lowest BCUT2D eigenvalue weighted by atomic mass is 9.95. The van der Waals surface area contributed by atoms with E-state index in [1.165, 1.54) is 11.1 Å². The molecular weight excluding hydrogens is 408 g/mol. The molecule has 162 valence electrons. The van der Waals surface area contributed by atoms with Gasteiger partial charge in [-0.25, -0.2) is 4.98 Å². The molecule has 5 heteroatoms. The van der Waals surface area contributed by atoms with Crippen molar-refractivity contribution in [3.8, 4) is 11.4 Å². The van der Waals surface area contributed by atoms with E-state index in [2.05, 4.69) is 83.9 Å². The molecule has 33 heavy (non-hydrogen) atoms. The van der Waals surface area contributed by atoms with Crippen LogP contribution in [0, 0.1) is 13.8 Å². The number of nitrogens with one attached hydrogen (secondary N) is 1. The molecule has 0 atom stereocenters. The van der Waals surface area contributed by atoms with Crippen LogP contribution in [-0.2, 0) is 0 Å². The van der Waals surface area contributed by atoms with Crippen molar-refractivity contribution in [3.05, 3.63) is 107 Å². The van der Waals surface area contributed by atoms with Crippen molar-refractivity contribution < 1.29 is 4.52 Å². The van der Waals surface area contributed by atoms with Gasteiger partial charge in [0, 0.05) is 18.8 Å². The minimum absolute atomic E-state index is 0.463. The number of nitrogens with zero attached hydrogens (tertiary/aromatic N) is 3. The molecule has 0 aliphatic rings. The number of fused-ring (bicyclic) bond motifs is 1. The SMILES string of the molecule is CNc1ncccc1-c1noc(/C(=C/c2ccc(C)c(C)c2)c2cccc3ccccc23)n1. The van der Waals surface area contributed by atoms with Crippen molar-refractivity contribution in [1.29, 1.82) is 0 Å². The van der Waals surface area contributed by atoms with Gasteiger partial charge in [0.1, 0.15) is 5.82 Å². The first-order chi connectivity index (χ1) is 16.1. The molecule has 0 amide bonds. The van der Waals surface area contributed by atoms with E-state index in [1.54, 1.807) is 6.20 Å². The fourth-order valence-corrected chi connectivity index (χ4v) is 3.96. The lowest BCUT2D eigenvalue weighted by molar-refractivity contribution is 0.409. The number of pyridine rings is 1. The topological polar surface area (TPSA) is 63.8 Å². The van der Waals surface area contributed by atoms with Gasteiger partial charge in [-0.05, 0) is 65.1 Å². The maximum Gasteiger partial charge on any atom is 0.258 e. The number of aryl methyl sites for hydroxylation is 2. The van der Waals surface area contributed by atoms with Crippen LogP contribution in [0.25, 0.3) is 33.8 Å². The van der Waals surface area contributed by atoms with Crippen molar-refractivity contribution in [1.82, 2.24) is 15.1 Å². The second kappa shape index (κ2) is 8.71. The highest BCUT2D eigenvalue weighted by atomic mass is 16.5. The Morgan fingerprint density at radius 3 is 2.61 bits per heavy atom. The van der Waals surface area contributed by atoms with Gasteiger partial charge in [0.15, 0.2) is 0 Å². The van der Waals surface area contributed by atoms with Crippen LogP contribution >= 0.6 is 0 Å². The normalized spacial score (nSPS) is 11.7. The van der Waals surface area contributed by atoms with Gasteiger partial charge in [0.05, 0.1) is 5.56 Å². The van der Waals surface area contributed by atoms with E-state index in [4.69, 9.17) is 9.51 Å². The monoisotopic (exact) mass is 432 g/mol. The second-order valence-electron chi connectivity index (χ2n) is 8.00. The predicted octanol–water partition coefficient (Wildman–Crippen LogP) is 6.53. The molecule has 0 radical (unpaired) electrons. The van der Waals surface area contributed by atoms with Crippen LogP contribution in [0.5, 0.6) is 0 Å². The molecule has 0 aliphatic heterocycles. The van der Waals surface area contributed by atoms with E-state index in [9.17, 15) is 0 Å². The predicted molar refractivity (Wildman–Crippen MR) is 134 cm³/mol. The van der Waals surface area contributed by atoms with Gasteiger partial charge in [0.25, 0.3) is 5.89 Å². The summed E-state index contributed by atoms with van der Waals surface area (Å²) in [6.07, 6.45) is 3.85. The van der Waals surface area contributed by atoms with Gasteiger partial charge in [-0.15, -0.1) is 0 Å². The van der Waals surface area contributed by atoms with E-state index in [1.807, 2.05) is 31.3 Å². The third-order valence-electron chi connectivity index (χ3n) is 5.86. The van der Waals surface area contributed by atoms with E-state index in [0.29, 0.717) is 17.5 Å². The van der Waals surface area contributed by atoms with Crippen LogP contribution in [0.2, 0.25) is 0 Å². The molecule has 2 aromatic heterocycles. The lowest BCUT2D eigenvalue weighted by Gasteiger charge is -2.09. The molecule has 0 spiro atoms. The number of hydrogen-bond acceptors (Lipinski definition) is 5. The van der Waals surface area contributed by atoms with Crippen molar-refractivity contribution in [3.63, 3.8) is 0 Å². The zero-order valence-corrected chi connectivity index (χ0v) is 18.8. The van der Waals surface area contributed by atoms with Crippen molar-refractivity contribution in [2.75, 3.05) is 12.4 Å². The standard InChI is InChI=1S/C28H24N4O/c1-18-13-14-20(16-19(18)2)17-25(23-11-6-9-21-8-4-5-10-22(21)23)28-31-27(32-33-28)24-12-7-15-30-26(24)29-3/h4-17H,1-3H3,(H,29,30)/b25-17+. The van der Waals surface area contributed by atoms with Gasteiger partial charge in [-0.3, -0.25) is 0 Å². The average molecular weight is 433 g/mol. The van der Waals surface area contributed by atoms with E-state index < -0.39 is 0 Å². The van der Waals surface area contributed by atoms with E-state index in [-0.39, 0.29) is 0 Å². The first kappa shape index (κ1) is 20.6. The van der Waals surface area contributed by atoms with Gasteiger partial charge in [-0.1, -0.05) is 65.8 Å². The molecule has 5 aromatic rings. The third-order valence-corrected chi connectivity index (χ3v) is 5.86. The average Bonchev–Trinajstić information content (AvgIpc) is 3.34. The first-order valence-corrected chi connectivity index (χ1v) is 10.9. The number of anilines is 1. The molecule has 1 N–H and O–H groups in total. The number of rotatable bonds is 5. The summed E-state index contributed by atoms with van der Waals surface area (Å²) < 4.78 is 5.83. The van der Waals surface area contributed by atoms with Gasteiger partial charge in [-0.2, -0.15) is 4.98 Å². The molecule has 0 fully saturated rings. The quantitative estimate of drug-likeness (QED) is 0.320. The summed E-state index contributed by atoms with van der Waals surface area (Å²) in [5.41, 5.74) is 6.29. The van der Waals surface area contributed by atoms with E-state index in [0.717, 1.165) is 33.0 Å². The summed E-state index contributed by atoms with van der Waals surface area (Å²) in [4.78, 5) is 9.15. The summed E-state index contributed by atoms with van der Waals surface area (Å²) in [6.45, 7) is 4.24. The van der Waals surface area contributed by atoms with Gasteiger partial charge in [0.2, 0.25) is 5.82 Å². The van der Waals surface area contributed by atoms with Crippen LogP contribution in [0.3, 0.4) is 0 Å². The van der Waals surface area contributed by atoms with Gasteiger partial charge < -0.3 is 9.84 Å². The Kier molecular flexibility index (Phi) is 5.45. The van der Waals surface area contributed by atoms with Crippen LogP contribution in [0.4, 0.5) is 5.82 Å². The summed E-state index contributed by atoms with van der Waals surface area (Å²) >= 11 is 0. The molecule has 2 heterocycles. The summed E-state index contributed by atoms with van der Waals surface area (Å²) in [5, 5.41) is 9.67. The number of benzene rings is 3. The molecule has 5 rings (SSSR count). The van der Waals surface area contributed by atoms with Crippen LogP contribution in [0.15, 0.2) is 83.5 Å². The first-order valence-electron chi connectivity index (χ1n) is 10.9. The lowest BCUT2D eigenvalue weighted by Crippen LogP contribution is -1.96. The maximum absolute atomic E-state index is 5.83. The summed E-state index contributed by atoms with van der Waals surface area (Å²) in [7, 11) is 1.83. The molecule has 3 aromatic carbocycles. The number of aromatic nitrogens is 3. The third kappa shape index (κ3) is 4.01.